The first kappa shape index (κ1) is 13.2. The van der Waals surface area contributed by atoms with Gasteiger partial charge in [0, 0.05) is 0 Å². The summed E-state index contributed by atoms with van der Waals surface area (Å²) >= 11 is 5.48. The van der Waals surface area contributed by atoms with Gasteiger partial charge in [-0.3, -0.25) is 4.57 Å². The molecule has 78 valence electrons. The topological polar surface area (TPSA) is 35.5 Å². The summed E-state index contributed by atoms with van der Waals surface area (Å²) in [6.45, 7) is 6.11. The summed E-state index contributed by atoms with van der Waals surface area (Å²) in [6.07, 6.45) is 3.37. The number of rotatable bonds is 8. The molecule has 0 aromatic rings. The molecule has 0 bridgehead atoms. The average Bonchev–Trinajstić information content (AvgIpc) is 2.15. The van der Waals surface area contributed by atoms with E-state index in [0.717, 1.165) is 12.8 Å². The van der Waals surface area contributed by atoms with E-state index in [9.17, 15) is 4.57 Å². The third-order valence-corrected chi connectivity index (χ3v) is 3.61. The van der Waals surface area contributed by atoms with Crippen molar-refractivity contribution in [2.24, 2.45) is 0 Å². The van der Waals surface area contributed by atoms with Gasteiger partial charge < -0.3 is 9.05 Å². The van der Waals surface area contributed by atoms with Crippen LogP contribution in [0, 0.1) is 0 Å². The predicted molar refractivity (Wildman–Crippen MR) is 55.3 cm³/mol. The van der Waals surface area contributed by atoms with Gasteiger partial charge >= 0.3 is 7.60 Å². The highest BCUT2D eigenvalue weighted by atomic mass is 35.5. The maximum absolute atomic E-state index is 11.6. The molecule has 0 aliphatic heterocycles. The van der Waals surface area contributed by atoms with Crippen molar-refractivity contribution in [3.63, 3.8) is 0 Å². The Labute approximate surface area is 84.6 Å². The zero-order valence-electron chi connectivity index (χ0n) is 7.87. The first-order valence-electron chi connectivity index (χ1n) is 4.23. The van der Waals surface area contributed by atoms with E-state index in [-0.39, 0.29) is 12.2 Å². The minimum atomic E-state index is -3.05. The molecular weight excluding hydrogens is 211 g/mol. The quantitative estimate of drug-likeness (QED) is 0.275. The SMILES string of the molecule is C=CCOP(=O)(CCl)OCCCC. The summed E-state index contributed by atoms with van der Waals surface area (Å²) in [4.78, 5) is 0. The predicted octanol–water partition coefficient (Wildman–Crippen LogP) is 3.40. The zero-order chi connectivity index (χ0) is 10.2. The third-order valence-electron chi connectivity index (χ3n) is 1.32. The monoisotopic (exact) mass is 226 g/mol. The summed E-state index contributed by atoms with van der Waals surface area (Å²) in [5.41, 5.74) is -0.107. The molecule has 13 heavy (non-hydrogen) atoms. The van der Waals surface area contributed by atoms with Gasteiger partial charge in [0.25, 0.3) is 0 Å². The first-order valence-corrected chi connectivity index (χ1v) is 6.49. The van der Waals surface area contributed by atoms with E-state index < -0.39 is 7.60 Å². The molecule has 0 amide bonds. The van der Waals surface area contributed by atoms with Crippen LogP contribution in [0.5, 0.6) is 0 Å². The van der Waals surface area contributed by atoms with Crippen LogP contribution in [-0.4, -0.2) is 18.8 Å². The molecule has 0 aromatic carbocycles. The van der Waals surface area contributed by atoms with E-state index in [0.29, 0.717) is 6.61 Å². The highest BCUT2D eigenvalue weighted by Gasteiger charge is 2.21. The smallest absolute Gasteiger partial charge is 0.308 e. The van der Waals surface area contributed by atoms with Gasteiger partial charge in [0.15, 0.2) is 0 Å². The van der Waals surface area contributed by atoms with Crippen molar-refractivity contribution < 1.29 is 13.6 Å². The largest absolute Gasteiger partial charge is 0.345 e. The molecule has 1 unspecified atom stereocenters. The van der Waals surface area contributed by atoms with Crippen molar-refractivity contribution in [1.82, 2.24) is 0 Å². The summed E-state index contributed by atoms with van der Waals surface area (Å²) < 4.78 is 21.6. The number of halogens is 1. The van der Waals surface area contributed by atoms with Crippen molar-refractivity contribution in [3.05, 3.63) is 12.7 Å². The van der Waals surface area contributed by atoms with Crippen molar-refractivity contribution >= 4 is 19.2 Å². The van der Waals surface area contributed by atoms with E-state index in [1.54, 1.807) is 0 Å². The van der Waals surface area contributed by atoms with E-state index in [1.807, 2.05) is 6.92 Å². The standard InChI is InChI=1S/C8H16ClO3P/c1-3-5-7-12-13(10,8-9)11-6-4-2/h4H,2-3,5-8H2,1H3. The van der Waals surface area contributed by atoms with Gasteiger partial charge in [-0.05, 0) is 6.42 Å². The molecule has 5 heteroatoms. The average molecular weight is 227 g/mol. The maximum atomic E-state index is 11.6. The van der Waals surface area contributed by atoms with Crippen LogP contribution in [0.2, 0.25) is 0 Å². The van der Waals surface area contributed by atoms with Crippen molar-refractivity contribution in [2.75, 3.05) is 18.8 Å². The Balaban J connectivity index is 3.81. The minimum absolute atomic E-state index is 0.107. The van der Waals surface area contributed by atoms with Gasteiger partial charge in [-0.25, -0.2) is 0 Å². The molecular formula is C8H16ClO3P. The van der Waals surface area contributed by atoms with Gasteiger partial charge in [-0.1, -0.05) is 19.4 Å². The molecule has 0 fully saturated rings. The number of hydrogen-bond donors (Lipinski definition) is 0. The van der Waals surface area contributed by atoms with Crippen LogP contribution in [0.4, 0.5) is 0 Å². The van der Waals surface area contributed by atoms with Crippen molar-refractivity contribution in [1.29, 1.82) is 0 Å². The van der Waals surface area contributed by atoms with Crippen LogP contribution >= 0.6 is 19.2 Å². The van der Waals surface area contributed by atoms with Crippen LogP contribution in [0.15, 0.2) is 12.7 Å². The molecule has 0 rings (SSSR count). The molecule has 0 saturated heterocycles. The third kappa shape index (κ3) is 6.28. The molecule has 0 spiro atoms. The fourth-order valence-electron chi connectivity index (χ4n) is 0.621. The highest BCUT2D eigenvalue weighted by molar-refractivity contribution is 7.55. The van der Waals surface area contributed by atoms with E-state index >= 15 is 0 Å². The Morgan fingerprint density at radius 2 is 2.23 bits per heavy atom. The fraction of sp³-hybridized carbons (Fsp3) is 0.750. The Bertz CT molecular complexity index is 184. The zero-order valence-corrected chi connectivity index (χ0v) is 9.52. The first-order chi connectivity index (χ1) is 6.18. The summed E-state index contributed by atoms with van der Waals surface area (Å²) in [6, 6.07) is 0. The normalized spacial score (nSPS) is 15.2. The molecule has 0 aliphatic rings. The van der Waals surface area contributed by atoms with Crippen molar-refractivity contribution in [3.8, 4) is 0 Å². The summed E-state index contributed by atoms with van der Waals surface area (Å²) in [5, 5.41) is 0. The lowest BCUT2D eigenvalue weighted by atomic mass is 10.4. The second-order valence-corrected chi connectivity index (χ2v) is 5.20. The van der Waals surface area contributed by atoms with Gasteiger partial charge in [0.2, 0.25) is 0 Å². The van der Waals surface area contributed by atoms with E-state index in [1.165, 1.54) is 6.08 Å². The molecule has 1 atom stereocenters. The molecule has 0 aromatic heterocycles. The van der Waals surface area contributed by atoms with E-state index in [2.05, 4.69) is 6.58 Å². The second kappa shape index (κ2) is 7.57. The number of hydrogen-bond acceptors (Lipinski definition) is 3. The second-order valence-electron chi connectivity index (χ2n) is 2.50. The van der Waals surface area contributed by atoms with Crippen LogP contribution < -0.4 is 0 Å². The Morgan fingerprint density at radius 3 is 2.69 bits per heavy atom. The molecule has 3 nitrogen and oxygen atoms in total. The lowest BCUT2D eigenvalue weighted by Gasteiger charge is -2.14. The molecule has 0 radical (unpaired) electrons. The van der Waals surface area contributed by atoms with Crippen LogP contribution in [0.1, 0.15) is 19.8 Å². The van der Waals surface area contributed by atoms with Gasteiger partial charge in [-0.15, -0.1) is 18.2 Å². The molecule has 0 heterocycles. The molecule has 0 N–H and O–H groups in total. The molecule has 0 aliphatic carbocycles. The molecule has 0 saturated carbocycles. The van der Waals surface area contributed by atoms with Gasteiger partial charge in [-0.2, -0.15) is 0 Å². The Hall–Kier alpha value is 0.180. The number of alkyl halides is 1. The van der Waals surface area contributed by atoms with Crippen molar-refractivity contribution in [2.45, 2.75) is 19.8 Å². The van der Waals surface area contributed by atoms with Gasteiger partial charge in [0.1, 0.15) is 5.62 Å². The van der Waals surface area contributed by atoms with Crippen LogP contribution in [0.25, 0.3) is 0 Å². The number of unbranched alkanes of at least 4 members (excludes halogenated alkanes) is 1. The van der Waals surface area contributed by atoms with Crippen LogP contribution in [-0.2, 0) is 13.6 Å². The maximum Gasteiger partial charge on any atom is 0.345 e. The Kier molecular flexibility index (Phi) is 7.68. The minimum Gasteiger partial charge on any atom is -0.308 e. The lowest BCUT2D eigenvalue weighted by Crippen LogP contribution is -1.98. The summed E-state index contributed by atoms with van der Waals surface area (Å²) in [7, 11) is -3.05. The summed E-state index contributed by atoms with van der Waals surface area (Å²) in [5.74, 6) is 0. The van der Waals surface area contributed by atoms with E-state index in [4.69, 9.17) is 20.6 Å². The lowest BCUT2D eigenvalue weighted by molar-refractivity contribution is 0.220. The van der Waals surface area contributed by atoms with Crippen LogP contribution in [0.3, 0.4) is 0 Å². The van der Waals surface area contributed by atoms with Gasteiger partial charge in [0.05, 0.1) is 13.2 Å². The Morgan fingerprint density at radius 1 is 1.54 bits per heavy atom. The fourth-order valence-corrected chi connectivity index (χ4v) is 1.99. The highest BCUT2D eigenvalue weighted by Crippen LogP contribution is 2.49.